The van der Waals surface area contributed by atoms with Crippen molar-refractivity contribution in [2.45, 2.75) is 6.42 Å². The Bertz CT molecular complexity index is 868. The Kier molecular flexibility index (Phi) is 3.65. The molecule has 0 fully saturated rings. The number of rotatable bonds is 3. The fourth-order valence-corrected chi connectivity index (χ4v) is 3.23. The molecule has 0 atom stereocenters. The molecule has 0 bridgehead atoms. The number of hydrogen-bond acceptors (Lipinski definition) is 0. The second-order valence-corrected chi connectivity index (χ2v) is 5.84. The van der Waals surface area contributed by atoms with Crippen LogP contribution in [0.3, 0.4) is 0 Å². The van der Waals surface area contributed by atoms with Crippen LogP contribution in [0.5, 0.6) is 0 Å². The summed E-state index contributed by atoms with van der Waals surface area (Å²) >= 11 is 0. The summed E-state index contributed by atoms with van der Waals surface area (Å²) in [4.78, 5) is 0. The molecule has 4 rings (SSSR count). The molecule has 0 unspecified atom stereocenters. The zero-order valence-corrected chi connectivity index (χ0v) is 12.9. The van der Waals surface area contributed by atoms with Crippen LogP contribution >= 0.6 is 0 Å². The molecule has 0 amide bonds. The SMILES string of the molecule is C(=C\c1ccccc1)/C1=C(c2ccccc2)c2ccccc2C1. The Morgan fingerprint density at radius 1 is 0.609 bits per heavy atom. The van der Waals surface area contributed by atoms with Gasteiger partial charge in [0.15, 0.2) is 0 Å². The van der Waals surface area contributed by atoms with Crippen LogP contribution in [0.1, 0.15) is 22.3 Å². The lowest BCUT2D eigenvalue weighted by atomic mass is 9.97. The Balaban J connectivity index is 1.80. The van der Waals surface area contributed by atoms with Gasteiger partial charge in [-0.15, -0.1) is 0 Å². The minimum Gasteiger partial charge on any atom is -0.0622 e. The van der Waals surface area contributed by atoms with Crippen LogP contribution < -0.4 is 0 Å². The van der Waals surface area contributed by atoms with Crippen molar-refractivity contribution in [3.05, 3.63) is 119 Å². The zero-order chi connectivity index (χ0) is 15.5. The summed E-state index contributed by atoms with van der Waals surface area (Å²) in [6, 6.07) is 29.9. The Morgan fingerprint density at radius 3 is 2.04 bits per heavy atom. The molecule has 23 heavy (non-hydrogen) atoms. The van der Waals surface area contributed by atoms with E-state index < -0.39 is 0 Å². The van der Waals surface area contributed by atoms with E-state index in [1.54, 1.807) is 0 Å². The van der Waals surface area contributed by atoms with Crippen molar-refractivity contribution in [1.29, 1.82) is 0 Å². The molecule has 0 radical (unpaired) electrons. The van der Waals surface area contributed by atoms with Crippen LogP contribution in [0.2, 0.25) is 0 Å². The quantitative estimate of drug-likeness (QED) is 0.576. The minimum atomic E-state index is 1.00. The van der Waals surface area contributed by atoms with Crippen LogP contribution in [0, 0.1) is 0 Å². The van der Waals surface area contributed by atoms with Crippen molar-refractivity contribution in [2.24, 2.45) is 0 Å². The molecule has 0 heterocycles. The standard InChI is InChI=1S/C23H18/c1-3-9-18(10-4-1)15-16-21-17-20-13-7-8-14-22(20)23(21)19-11-5-2-6-12-19/h1-16H,17H2/b16-15+. The van der Waals surface area contributed by atoms with Crippen LogP contribution in [-0.4, -0.2) is 0 Å². The first-order valence-electron chi connectivity index (χ1n) is 8.02. The lowest BCUT2D eigenvalue weighted by Gasteiger charge is -2.07. The maximum atomic E-state index is 2.28. The van der Waals surface area contributed by atoms with Gasteiger partial charge in [-0.05, 0) is 39.8 Å². The lowest BCUT2D eigenvalue weighted by molar-refractivity contribution is 1.25. The number of benzene rings is 3. The normalized spacial score (nSPS) is 13.6. The molecule has 110 valence electrons. The summed E-state index contributed by atoms with van der Waals surface area (Å²) in [5.74, 6) is 0. The first-order valence-corrected chi connectivity index (χ1v) is 8.02. The Hall–Kier alpha value is -2.86. The molecule has 0 heteroatoms. The van der Waals surface area contributed by atoms with Gasteiger partial charge in [-0.2, -0.15) is 0 Å². The van der Waals surface area contributed by atoms with Crippen molar-refractivity contribution in [1.82, 2.24) is 0 Å². The van der Waals surface area contributed by atoms with E-state index in [1.807, 2.05) is 0 Å². The minimum absolute atomic E-state index is 1.00. The molecular formula is C23H18. The van der Waals surface area contributed by atoms with Gasteiger partial charge in [0, 0.05) is 0 Å². The third-order valence-electron chi connectivity index (χ3n) is 4.33. The molecule has 0 nitrogen and oxygen atoms in total. The van der Waals surface area contributed by atoms with Gasteiger partial charge >= 0.3 is 0 Å². The molecule has 0 saturated heterocycles. The average molecular weight is 294 g/mol. The maximum absolute atomic E-state index is 2.28. The zero-order valence-electron chi connectivity index (χ0n) is 12.9. The largest absolute Gasteiger partial charge is 0.0622 e. The van der Waals surface area contributed by atoms with Gasteiger partial charge in [-0.25, -0.2) is 0 Å². The molecule has 0 aliphatic heterocycles. The first-order chi connectivity index (χ1) is 11.4. The molecule has 3 aromatic carbocycles. The van der Waals surface area contributed by atoms with E-state index in [9.17, 15) is 0 Å². The van der Waals surface area contributed by atoms with Crippen LogP contribution in [0.4, 0.5) is 0 Å². The fraction of sp³-hybridized carbons (Fsp3) is 0.0435. The molecule has 0 aromatic heterocycles. The van der Waals surface area contributed by atoms with Crippen molar-refractivity contribution >= 4 is 11.6 Å². The van der Waals surface area contributed by atoms with Gasteiger partial charge in [0.1, 0.15) is 0 Å². The van der Waals surface area contributed by atoms with Crippen molar-refractivity contribution in [2.75, 3.05) is 0 Å². The third-order valence-corrected chi connectivity index (χ3v) is 4.33. The van der Waals surface area contributed by atoms with Gasteiger partial charge in [0.2, 0.25) is 0 Å². The Labute approximate surface area is 137 Å². The van der Waals surface area contributed by atoms with Crippen molar-refractivity contribution < 1.29 is 0 Å². The van der Waals surface area contributed by atoms with E-state index in [2.05, 4.69) is 97.1 Å². The average Bonchev–Trinajstić information content (AvgIpc) is 3.00. The summed E-state index contributed by atoms with van der Waals surface area (Å²) in [6.45, 7) is 0. The monoisotopic (exact) mass is 294 g/mol. The van der Waals surface area contributed by atoms with Crippen LogP contribution in [0.15, 0.2) is 96.6 Å². The number of fused-ring (bicyclic) bond motifs is 1. The van der Waals surface area contributed by atoms with Gasteiger partial charge in [-0.3, -0.25) is 0 Å². The summed E-state index contributed by atoms with van der Waals surface area (Å²) in [6.07, 6.45) is 5.49. The molecule has 0 N–H and O–H groups in total. The van der Waals surface area contributed by atoms with Gasteiger partial charge in [-0.1, -0.05) is 97.1 Å². The topological polar surface area (TPSA) is 0 Å². The van der Waals surface area contributed by atoms with Crippen LogP contribution in [0.25, 0.3) is 11.6 Å². The third kappa shape index (κ3) is 2.76. The second kappa shape index (κ2) is 6.10. The second-order valence-electron chi connectivity index (χ2n) is 5.84. The van der Waals surface area contributed by atoms with E-state index >= 15 is 0 Å². The summed E-state index contributed by atoms with van der Waals surface area (Å²) in [7, 11) is 0. The number of allylic oxidation sites excluding steroid dienone is 2. The lowest BCUT2D eigenvalue weighted by Crippen LogP contribution is -1.86. The Morgan fingerprint density at radius 2 is 1.26 bits per heavy atom. The van der Waals surface area contributed by atoms with Gasteiger partial charge < -0.3 is 0 Å². The highest BCUT2D eigenvalue weighted by molar-refractivity contribution is 5.89. The van der Waals surface area contributed by atoms with E-state index in [-0.39, 0.29) is 0 Å². The first kappa shape index (κ1) is 13.8. The number of hydrogen-bond donors (Lipinski definition) is 0. The fourth-order valence-electron chi connectivity index (χ4n) is 3.23. The summed E-state index contributed by atoms with van der Waals surface area (Å²) in [5.41, 5.74) is 8.08. The van der Waals surface area contributed by atoms with E-state index in [4.69, 9.17) is 0 Å². The molecule has 1 aliphatic rings. The molecule has 3 aromatic rings. The molecule has 0 spiro atoms. The smallest absolute Gasteiger partial charge is 0.00132 e. The molecule has 0 saturated carbocycles. The summed E-state index contributed by atoms with van der Waals surface area (Å²) < 4.78 is 0. The van der Waals surface area contributed by atoms with E-state index in [1.165, 1.54) is 33.4 Å². The summed E-state index contributed by atoms with van der Waals surface area (Å²) in [5, 5.41) is 0. The predicted molar refractivity (Wildman–Crippen MR) is 98.1 cm³/mol. The van der Waals surface area contributed by atoms with Crippen molar-refractivity contribution in [3.8, 4) is 0 Å². The van der Waals surface area contributed by atoms with Gasteiger partial charge in [0.05, 0.1) is 0 Å². The highest BCUT2D eigenvalue weighted by atomic mass is 14.2. The van der Waals surface area contributed by atoms with E-state index in [0.717, 1.165) is 6.42 Å². The highest BCUT2D eigenvalue weighted by Gasteiger charge is 2.20. The molecular weight excluding hydrogens is 276 g/mol. The van der Waals surface area contributed by atoms with Crippen LogP contribution in [-0.2, 0) is 6.42 Å². The predicted octanol–water partition coefficient (Wildman–Crippen LogP) is 5.76. The molecule has 1 aliphatic carbocycles. The highest BCUT2D eigenvalue weighted by Crippen LogP contribution is 2.38. The van der Waals surface area contributed by atoms with Gasteiger partial charge in [0.25, 0.3) is 0 Å². The van der Waals surface area contributed by atoms with Crippen molar-refractivity contribution in [3.63, 3.8) is 0 Å². The maximum Gasteiger partial charge on any atom is -0.00132 e. The van der Waals surface area contributed by atoms with E-state index in [0.29, 0.717) is 0 Å².